The number of hydrogen-bond acceptors (Lipinski definition) is 15. The molecule has 0 radical (unpaired) electrons. The Labute approximate surface area is 269 Å². The van der Waals surface area contributed by atoms with Crippen LogP contribution in [0.5, 0.6) is 0 Å². The lowest BCUT2D eigenvalue weighted by molar-refractivity contribution is -0.0522. The third-order valence-electron chi connectivity index (χ3n) is 9.03. The smallest absolute Gasteiger partial charge is 0.435 e. The number of aromatic nitrogens is 4. The van der Waals surface area contributed by atoms with Gasteiger partial charge in [0.1, 0.15) is 18.3 Å². The summed E-state index contributed by atoms with van der Waals surface area (Å²) in [6.07, 6.45) is -0.860. The molecule has 2 aromatic heterocycles. The maximum absolute atomic E-state index is 12.4. The normalized spacial score (nSPS) is 36.6. The fraction of sp³-hybridized carbons (Fsp3) is 0.762. The molecule has 0 spiro atoms. The molecule has 46 heavy (non-hydrogen) atoms. The first kappa shape index (κ1) is 33.7. The Morgan fingerprint density at radius 2 is 1.78 bits per heavy atom. The lowest BCUT2D eigenvalue weighted by Gasteiger charge is -2.25. The first-order valence-electron chi connectivity index (χ1n) is 14.1. The summed E-state index contributed by atoms with van der Waals surface area (Å²) >= 11 is 0. The molecule has 19 nitrogen and oxygen atoms in total. The van der Waals surface area contributed by atoms with E-state index in [9.17, 15) is 28.3 Å². The summed E-state index contributed by atoms with van der Waals surface area (Å²) in [6, 6.07) is 0. The number of hydrogen-bond donors (Lipinski definition) is 6. The van der Waals surface area contributed by atoms with Crippen molar-refractivity contribution < 1.29 is 60.5 Å². The molecule has 1 saturated heterocycles. The number of phosphoric ester groups is 1. The molecule has 25 heteroatoms. The lowest BCUT2D eigenvalue weighted by atomic mass is 9.82. The van der Waals surface area contributed by atoms with Gasteiger partial charge in [0.25, 0.3) is 13.0 Å². The number of rotatable bonds is 16. The van der Waals surface area contributed by atoms with E-state index in [2.05, 4.69) is 37.4 Å². The van der Waals surface area contributed by atoms with Gasteiger partial charge in [-0.25, -0.2) is 18.7 Å². The minimum atomic E-state index is -5.71. The molecule has 5 saturated carbocycles. The Bertz CT molecular complexity index is 1700. The fourth-order valence-electron chi connectivity index (χ4n) is 7.47. The highest BCUT2D eigenvalue weighted by Gasteiger charge is 2.92. The van der Waals surface area contributed by atoms with E-state index in [0.29, 0.717) is 13.6 Å². The van der Waals surface area contributed by atoms with Crippen molar-refractivity contribution in [1.82, 2.24) is 19.5 Å². The number of imidazole rings is 1. The first-order valence-corrected chi connectivity index (χ1v) is 21.0. The number of ether oxygens (including phenoxy) is 2. The zero-order valence-electron chi connectivity index (χ0n) is 24.1. The number of nitrogens with zero attached hydrogens (tertiary/aromatic N) is 3. The van der Waals surface area contributed by atoms with Gasteiger partial charge in [-0.2, -0.15) is 13.6 Å². The Morgan fingerprint density at radius 3 is 2.43 bits per heavy atom. The summed E-state index contributed by atoms with van der Waals surface area (Å²) in [4.78, 5) is 59.7. The molecule has 2 aromatic rings. The molecular formula is C21H31BN5O14P3S2. The standard InChI is InChI=1S/C21H31BN5O14P3S2/c1-21(2,22-39-17-14-10-11(14)13-12(10)15(13)17)46-45-6-36-7-3-9(27-5-24-16-18(27)25-20(23)26-19(16)28)38-8(7)4-37-43(32,33)41-44(34,35)40-42(29,30)31/h5,7-15,17,22H,3-4,6H2,1-2H3,(H,32,33)(H,34,35)(H2,29,30,31)(H3,23,25,26,28)/t7-,8?,9-,10?,11?,12?,13?,14?,15?,17?/m1/s1. The molecule has 5 atom stereocenters. The summed E-state index contributed by atoms with van der Waals surface area (Å²) in [5, 5.41) is 0. The average molecular weight is 745 g/mol. The minimum absolute atomic E-state index is 0.00295. The van der Waals surface area contributed by atoms with Gasteiger partial charge in [0.05, 0.1) is 19.0 Å². The molecule has 7 N–H and O–H groups in total. The van der Waals surface area contributed by atoms with Crippen LogP contribution in [0.25, 0.3) is 11.2 Å². The topological polar surface area (TPSA) is 277 Å². The second-order valence-electron chi connectivity index (χ2n) is 12.6. The van der Waals surface area contributed by atoms with Crippen LogP contribution in [0.2, 0.25) is 0 Å². The highest BCUT2D eigenvalue weighted by Crippen LogP contribution is 2.92. The quantitative estimate of drug-likeness (QED) is 0.0464. The Hall–Kier alpha value is -0.795. The number of fused-ring (bicyclic) bond motifs is 1. The monoisotopic (exact) mass is 745 g/mol. The Balaban J connectivity index is 0.969. The predicted octanol–water partition coefficient (Wildman–Crippen LogP) is 1.28. The van der Waals surface area contributed by atoms with E-state index in [1.807, 2.05) is 0 Å². The van der Waals surface area contributed by atoms with Crippen LogP contribution < -0.4 is 11.3 Å². The molecule has 2 bridgehead atoms. The summed E-state index contributed by atoms with van der Waals surface area (Å²) < 4.78 is 67.1. The van der Waals surface area contributed by atoms with Gasteiger partial charge < -0.3 is 39.4 Å². The molecular weight excluding hydrogens is 714 g/mol. The third kappa shape index (κ3) is 6.57. The molecule has 3 heterocycles. The third-order valence-corrected chi connectivity index (χ3v) is 15.7. The average Bonchev–Trinajstić information content (AvgIpc) is 3.35. The highest BCUT2D eigenvalue weighted by atomic mass is 33.1. The molecule has 1 aliphatic heterocycles. The van der Waals surface area contributed by atoms with E-state index in [1.54, 1.807) is 10.8 Å². The van der Waals surface area contributed by atoms with Crippen LogP contribution in [-0.4, -0.2) is 82.1 Å². The van der Waals surface area contributed by atoms with Crippen LogP contribution in [0.3, 0.4) is 0 Å². The zero-order valence-corrected chi connectivity index (χ0v) is 28.4. The second-order valence-corrected chi connectivity index (χ2v) is 19.9. The van der Waals surface area contributed by atoms with E-state index in [4.69, 9.17) is 34.2 Å². The fourth-order valence-corrected chi connectivity index (χ4v) is 12.6. The van der Waals surface area contributed by atoms with Crippen LogP contribution in [-0.2, 0) is 41.0 Å². The van der Waals surface area contributed by atoms with Gasteiger partial charge >= 0.3 is 23.5 Å². The van der Waals surface area contributed by atoms with Gasteiger partial charge in [0.2, 0.25) is 5.95 Å². The second kappa shape index (κ2) is 11.6. The van der Waals surface area contributed by atoms with Crippen LogP contribution in [0, 0.1) is 35.5 Å². The van der Waals surface area contributed by atoms with Crippen LogP contribution in [0.15, 0.2) is 11.1 Å². The van der Waals surface area contributed by atoms with Crippen molar-refractivity contribution in [2.45, 2.75) is 49.5 Å². The number of nitrogens with two attached hydrogens (primary N) is 1. The maximum atomic E-state index is 12.4. The van der Waals surface area contributed by atoms with Crippen molar-refractivity contribution in [1.29, 1.82) is 0 Å². The number of nitrogen functional groups attached to an aromatic ring is 1. The summed E-state index contributed by atoms with van der Waals surface area (Å²) in [5.41, 5.74) is 5.24. The molecule has 8 rings (SSSR count). The van der Waals surface area contributed by atoms with Gasteiger partial charge in [-0.1, -0.05) is 35.4 Å². The van der Waals surface area contributed by atoms with Crippen molar-refractivity contribution in [3.8, 4) is 0 Å². The van der Waals surface area contributed by atoms with Crippen molar-refractivity contribution in [3.05, 3.63) is 16.7 Å². The van der Waals surface area contributed by atoms with E-state index < -0.39 is 54.1 Å². The molecule has 5 aliphatic carbocycles. The molecule has 6 aliphatic rings. The minimum Gasteiger partial charge on any atom is -0.435 e. The van der Waals surface area contributed by atoms with E-state index in [-0.39, 0.29) is 34.1 Å². The predicted molar refractivity (Wildman–Crippen MR) is 163 cm³/mol. The number of H-pyrrole nitrogens is 1. The van der Waals surface area contributed by atoms with Gasteiger partial charge in [0.15, 0.2) is 11.2 Å². The van der Waals surface area contributed by atoms with Crippen molar-refractivity contribution in [2.24, 2.45) is 35.5 Å². The van der Waals surface area contributed by atoms with Gasteiger partial charge in [0, 0.05) is 17.2 Å². The molecule has 0 aromatic carbocycles. The van der Waals surface area contributed by atoms with Crippen molar-refractivity contribution in [2.75, 3.05) is 18.3 Å². The highest BCUT2D eigenvalue weighted by molar-refractivity contribution is 8.77. The Kier molecular flexibility index (Phi) is 8.52. The van der Waals surface area contributed by atoms with Crippen molar-refractivity contribution in [3.63, 3.8) is 0 Å². The van der Waals surface area contributed by atoms with Gasteiger partial charge in [-0.15, -0.1) is 0 Å². The molecule has 3 unspecified atom stereocenters. The largest absolute Gasteiger partial charge is 0.490 e. The molecule has 0 amide bonds. The zero-order chi connectivity index (χ0) is 33.0. The SMILES string of the molecule is CC(C)(BOC1C2C3C2C2C1C32)SSCO[C@@H]1C[C@H](n2cnc3c(=O)[nH]c(N)nc32)OC1COP(=O)(O)OP(=O)(O)OP(=O)(O)O. The van der Waals surface area contributed by atoms with Crippen LogP contribution >= 0.6 is 45.1 Å². The Morgan fingerprint density at radius 1 is 1.11 bits per heavy atom. The first-order chi connectivity index (χ1) is 21.4. The van der Waals surface area contributed by atoms with Crippen LogP contribution in [0.4, 0.5) is 5.95 Å². The number of anilines is 1. The van der Waals surface area contributed by atoms with Gasteiger partial charge in [-0.05, 0) is 35.5 Å². The van der Waals surface area contributed by atoms with E-state index in [1.165, 1.54) is 21.7 Å². The maximum Gasteiger partial charge on any atom is 0.490 e. The van der Waals surface area contributed by atoms with Crippen molar-refractivity contribution >= 4 is 69.7 Å². The number of aromatic amines is 1. The summed E-state index contributed by atoms with van der Waals surface area (Å²) in [5.74, 6) is 5.25. The van der Waals surface area contributed by atoms with Gasteiger partial charge in [-0.3, -0.25) is 18.9 Å². The van der Waals surface area contributed by atoms with E-state index >= 15 is 0 Å². The lowest BCUT2D eigenvalue weighted by Crippen LogP contribution is -2.31. The number of nitrogens with one attached hydrogen (secondary N) is 1. The van der Waals surface area contributed by atoms with Crippen LogP contribution in [0.1, 0.15) is 26.5 Å². The van der Waals surface area contributed by atoms with E-state index in [0.717, 1.165) is 35.5 Å². The molecule has 6 fully saturated rings. The number of phosphoric acid groups is 3. The summed E-state index contributed by atoms with van der Waals surface area (Å²) in [6.45, 7) is 3.45. The summed E-state index contributed by atoms with van der Waals surface area (Å²) in [7, 11) is -13.1. The molecule has 254 valence electrons.